The molecule has 2 heterocycles. The first-order valence-electron chi connectivity index (χ1n) is 5.54. The van der Waals surface area contributed by atoms with Gasteiger partial charge in [0.15, 0.2) is 11.5 Å². The van der Waals surface area contributed by atoms with E-state index < -0.39 is 6.10 Å². The Morgan fingerprint density at radius 3 is 2.78 bits per heavy atom. The van der Waals surface area contributed by atoms with Crippen LogP contribution in [0.4, 0.5) is 0 Å². The summed E-state index contributed by atoms with van der Waals surface area (Å²) in [6.07, 6.45) is 2.70. The minimum atomic E-state index is -0.550. The summed E-state index contributed by atoms with van der Waals surface area (Å²) in [6.45, 7) is 1.67. The highest BCUT2D eigenvalue weighted by Crippen LogP contribution is 2.12. The summed E-state index contributed by atoms with van der Waals surface area (Å²) < 4.78 is 1.51. The maximum Gasteiger partial charge on any atom is 0.271 e. The summed E-state index contributed by atoms with van der Waals surface area (Å²) in [5.74, 6) is 0.351. The van der Waals surface area contributed by atoms with E-state index in [9.17, 15) is 9.90 Å². The molecule has 1 atom stereocenters. The Morgan fingerprint density at radius 1 is 1.44 bits per heavy atom. The average molecular weight is 246 g/mol. The molecule has 0 saturated heterocycles. The first-order valence-corrected chi connectivity index (χ1v) is 5.54. The van der Waals surface area contributed by atoms with Crippen LogP contribution in [0.15, 0.2) is 30.6 Å². The summed E-state index contributed by atoms with van der Waals surface area (Å²) in [5.41, 5.74) is 1.07. The van der Waals surface area contributed by atoms with E-state index in [1.807, 2.05) is 0 Å². The van der Waals surface area contributed by atoms with Crippen LogP contribution in [0, 0.1) is 0 Å². The number of rotatable bonds is 3. The van der Waals surface area contributed by atoms with Crippen molar-refractivity contribution in [3.05, 3.63) is 41.9 Å². The summed E-state index contributed by atoms with van der Waals surface area (Å²) in [7, 11) is 1.55. The molecule has 0 bridgehead atoms. The fraction of sp³-hybridized carbons (Fsp3) is 0.250. The number of pyridine rings is 1. The van der Waals surface area contributed by atoms with Crippen molar-refractivity contribution in [1.29, 1.82) is 0 Å². The van der Waals surface area contributed by atoms with Crippen LogP contribution < -0.4 is 5.32 Å². The van der Waals surface area contributed by atoms with Crippen LogP contribution in [0.1, 0.15) is 29.1 Å². The third-order valence-corrected chi connectivity index (χ3v) is 2.54. The van der Waals surface area contributed by atoms with Gasteiger partial charge in [0.25, 0.3) is 5.91 Å². The summed E-state index contributed by atoms with van der Waals surface area (Å²) >= 11 is 0. The predicted molar refractivity (Wildman–Crippen MR) is 65.4 cm³/mol. The number of nitrogens with zero attached hydrogens (tertiary/aromatic N) is 3. The Bertz CT molecular complexity index is 545. The summed E-state index contributed by atoms with van der Waals surface area (Å²) in [6, 6.07) is 5.13. The topological polar surface area (TPSA) is 80.0 Å². The highest BCUT2D eigenvalue weighted by molar-refractivity contribution is 5.91. The van der Waals surface area contributed by atoms with Crippen molar-refractivity contribution in [2.75, 3.05) is 7.05 Å². The number of hydrogen-bond acceptors (Lipinski definition) is 4. The van der Waals surface area contributed by atoms with Gasteiger partial charge in [-0.2, -0.15) is 5.10 Å². The molecule has 1 unspecified atom stereocenters. The maximum atomic E-state index is 11.4. The molecule has 6 heteroatoms. The minimum absolute atomic E-state index is 0.241. The van der Waals surface area contributed by atoms with E-state index in [4.69, 9.17) is 0 Å². The zero-order valence-electron chi connectivity index (χ0n) is 10.2. The molecule has 0 saturated carbocycles. The van der Waals surface area contributed by atoms with Crippen molar-refractivity contribution < 1.29 is 9.90 Å². The van der Waals surface area contributed by atoms with Crippen molar-refractivity contribution >= 4 is 5.91 Å². The van der Waals surface area contributed by atoms with Gasteiger partial charge in [0.05, 0.1) is 6.10 Å². The summed E-state index contributed by atoms with van der Waals surface area (Å²) in [4.78, 5) is 15.5. The molecule has 2 N–H and O–H groups in total. The number of carbonyl (C=O) groups is 1. The molecule has 0 aliphatic rings. The van der Waals surface area contributed by atoms with Gasteiger partial charge >= 0.3 is 0 Å². The van der Waals surface area contributed by atoms with E-state index in [0.29, 0.717) is 11.5 Å². The molecule has 1 amide bonds. The number of hydrogen-bond donors (Lipinski definition) is 2. The van der Waals surface area contributed by atoms with E-state index in [-0.39, 0.29) is 5.91 Å². The second kappa shape index (κ2) is 4.97. The molecule has 6 nitrogen and oxygen atoms in total. The Labute approximate surface area is 104 Å². The largest absolute Gasteiger partial charge is 0.389 e. The lowest BCUT2D eigenvalue weighted by molar-refractivity contribution is 0.0957. The number of aromatic nitrogens is 3. The Hall–Kier alpha value is -2.21. The zero-order chi connectivity index (χ0) is 13.1. The molecule has 0 spiro atoms. The SMILES string of the molecule is CNC(=O)c1ccn(-c2ccc(C(C)O)cn2)n1. The number of amides is 1. The average Bonchev–Trinajstić information content (AvgIpc) is 2.87. The van der Waals surface area contributed by atoms with Gasteiger partial charge in [-0.1, -0.05) is 6.07 Å². The van der Waals surface area contributed by atoms with E-state index in [0.717, 1.165) is 5.56 Å². The molecule has 0 radical (unpaired) electrons. The van der Waals surface area contributed by atoms with Crippen molar-refractivity contribution in [2.24, 2.45) is 0 Å². The monoisotopic (exact) mass is 246 g/mol. The highest BCUT2D eigenvalue weighted by Gasteiger charge is 2.09. The molecule has 0 fully saturated rings. The van der Waals surface area contributed by atoms with Gasteiger partial charge in [-0.15, -0.1) is 0 Å². The van der Waals surface area contributed by atoms with Gasteiger partial charge in [0.1, 0.15) is 0 Å². The maximum absolute atomic E-state index is 11.4. The molecule has 2 aromatic rings. The third-order valence-electron chi connectivity index (χ3n) is 2.54. The second-order valence-electron chi connectivity index (χ2n) is 3.85. The van der Waals surface area contributed by atoms with E-state index in [1.165, 1.54) is 4.68 Å². The molecule has 0 aromatic carbocycles. The molecule has 0 aliphatic heterocycles. The molecule has 2 aromatic heterocycles. The van der Waals surface area contributed by atoms with Gasteiger partial charge in [-0.3, -0.25) is 4.79 Å². The lowest BCUT2D eigenvalue weighted by Gasteiger charge is -2.05. The van der Waals surface area contributed by atoms with Gasteiger partial charge < -0.3 is 10.4 Å². The van der Waals surface area contributed by atoms with Crippen LogP contribution >= 0.6 is 0 Å². The molecule has 94 valence electrons. The standard InChI is InChI=1S/C12H14N4O2/c1-8(17)9-3-4-11(14-7-9)16-6-5-10(15-16)12(18)13-2/h3-8,17H,1-2H3,(H,13,18). The number of carbonyl (C=O) groups excluding carboxylic acids is 1. The van der Waals surface area contributed by atoms with Gasteiger partial charge in [0.2, 0.25) is 0 Å². The van der Waals surface area contributed by atoms with Gasteiger partial charge in [-0.25, -0.2) is 9.67 Å². The smallest absolute Gasteiger partial charge is 0.271 e. The molecule has 2 rings (SSSR count). The van der Waals surface area contributed by atoms with Crippen LogP contribution in [-0.4, -0.2) is 32.8 Å². The van der Waals surface area contributed by atoms with Crippen LogP contribution in [0.25, 0.3) is 5.82 Å². The number of aliphatic hydroxyl groups is 1. The first-order chi connectivity index (χ1) is 8.61. The molecular weight excluding hydrogens is 232 g/mol. The molecule has 18 heavy (non-hydrogen) atoms. The van der Waals surface area contributed by atoms with Crippen LogP contribution in [0.3, 0.4) is 0 Å². The fourth-order valence-corrected chi connectivity index (χ4v) is 1.48. The van der Waals surface area contributed by atoms with Crippen LogP contribution in [0.5, 0.6) is 0 Å². The number of aliphatic hydroxyl groups excluding tert-OH is 1. The highest BCUT2D eigenvalue weighted by atomic mass is 16.3. The third kappa shape index (κ3) is 2.38. The number of nitrogens with one attached hydrogen (secondary N) is 1. The lowest BCUT2D eigenvalue weighted by Crippen LogP contribution is -2.18. The van der Waals surface area contributed by atoms with E-state index in [1.54, 1.807) is 44.6 Å². The zero-order valence-corrected chi connectivity index (χ0v) is 10.2. The van der Waals surface area contributed by atoms with Gasteiger partial charge in [0, 0.05) is 19.4 Å². The summed E-state index contributed by atoms with van der Waals surface area (Å²) in [5, 5.41) is 16.0. The van der Waals surface area contributed by atoms with E-state index in [2.05, 4.69) is 15.4 Å². The van der Waals surface area contributed by atoms with Crippen LogP contribution in [-0.2, 0) is 0 Å². The van der Waals surface area contributed by atoms with Gasteiger partial charge in [-0.05, 0) is 24.6 Å². The normalized spacial score (nSPS) is 12.2. The molecular formula is C12H14N4O2. The van der Waals surface area contributed by atoms with Crippen molar-refractivity contribution in [1.82, 2.24) is 20.1 Å². The molecule has 0 aliphatic carbocycles. The lowest BCUT2D eigenvalue weighted by atomic mass is 10.2. The minimum Gasteiger partial charge on any atom is -0.389 e. The van der Waals surface area contributed by atoms with Crippen LogP contribution in [0.2, 0.25) is 0 Å². The van der Waals surface area contributed by atoms with Crippen molar-refractivity contribution in [3.63, 3.8) is 0 Å². The Morgan fingerprint density at radius 2 is 2.22 bits per heavy atom. The fourth-order valence-electron chi connectivity index (χ4n) is 1.48. The second-order valence-corrected chi connectivity index (χ2v) is 3.85. The van der Waals surface area contributed by atoms with Crippen molar-refractivity contribution in [3.8, 4) is 5.82 Å². The first kappa shape index (κ1) is 12.3. The Balaban J connectivity index is 2.26. The Kier molecular flexibility index (Phi) is 3.38. The quantitative estimate of drug-likeness (QED) is 0.834. The van der Waals surface area contributed by atoms with Crippen molar-refractivity contribution in [2.45, 2.75) is 13.0 Å². The van der Waals surface area contributed by atoms with E-state index >= 15 is 0 Å². The predicted octanol–water partition coefficient (Wildman–Crippen LogP) is 0.680.